The van der Waals surface area contributed by atoms with Crippen molar-refractivity contribution in [1.82, 2.24) is 14.9 Å². The normalized spacial score (nSPS) is 16.1. The zero-order chi connectivity index (χ0) is 22.7. The van der Waals surface area contributed by atoms with Gasteiger partial charge in [0.1, 0.15) is 11.6 Å². The Morgan fingerprint density at radius 3 is 2.56 bits per heavy atom. The molecular weight excluding hydrogens is 410 g/mol. The highest BCUT2D eigenvalue weighted by atomic mass is 19.1. The van der Waals surface area contributed by atoms with Crippen LogP contribution in [0.4, 0.5) is 14.7 Å². The average Bonchev–Trinajstić information content (AvgIpc) is 2.80. The number of anilines is 1. The minimum Gasteiger partial charge on any atom is -0.347 e. The fourth-order valence-electron chi connectivity index (χ4n) is 4.11. The molecule has 1 aliphatic rings. The van der Waals surface area contributed by atoms with Crippen LogP contribution in [0.5, 0.6) is 0 Å². The van der Waals surface area contributed by atoms with E-state index in [0.29, 0.717) is 30.2 Å². The molecule has 7 heteroatoms. The maximum Gasteiger partial charge on any atom is 0.227 e. The molecule has 1 fully saturated rings. The summed E-state index contributed by atoms with van der Waals surface area (Å²) in [6.45, 7) is 1.17. The van der Waals surface area contributed by atoms with Gasteiger partial charge in [-0.3, -0.25) is 4.79 Å². The number of nitrogens with zero attached hydrogens (tertiary/aromatic N) is 4. The van der Waals surface area contributed by atoms with Crippen molar-refractivity contribution in [3.05, 3.63) is 77.6 Å². The van der Waals surface area contributed by atoms with Crippen molar-refractivity contribution in [3.63, 3.8) is 0 Å². The van der Waals surface area contributed by atoms with Gasteiger partial charge in [-0.15, -0.1) is 0 Å². The molecule has 166 valence electrons. The number of hydrogen-bond donors (Lipinski definition) is 0. The number of piperidine rings is 1. The highest BCUT2D eigenvalue weighted by Crippen LogP contribution is 2.35. The summed E-state index contributed by atoms with van der Waals surface area (Å²) in [7, 11) is 3.72. The van der Waals surface area contributed by atoms with E-state index in [9.17, 15) is 13.6 Å². The molecule has 0 N–H and O–H groups in total. The molecule has 0 spiro atoms. The van der Waals surface area contributed by atoms with Gasteiger partial charge in [0.2, 0.25) is 11.9 Å². The number of rotatable bonds is 5. The highest BCUT2D eigenvalue weighted by Gasteiger charge is 2.29. The molecule has 0 bridgehead atoms. The van der Waals surface area contributed by atoms with E-state index in [1.165, 1.54) is 18.2 Å². The predicted octanol–water partition coefficient (Wildman–Crippen LogP) is 4.44. The van der Waals surface area contributed by atoms with Gasteiger partial charge in [0.25, 0.3) is 0 Å². The molecule has 0 radical (unpaired) electrons. The number of hydrogen-bond acceptors (Lipinski definition) is 4. The number of carbonyl (C=O) groups excluding carboxylic acids is 1. The van der Waals surface area contributed by atoms with Gasteiger partial charge in [-0.2, -0.15) is 0 Å². The molecular formula is C25H26F2N4O. The Morgan fingerprint density at radius 1 is 1.09 bits per heavy atom. The van der Waals surface area contributed by atoms with Gasteiger partial charge in [0.15, 0.2) is 0 Å². The zero-order valence-electron chi connectivity index (χ0n) is 18.3. The first-order chi connectivity index (χ1) is 15.4. The van der Waals surface area contributed by atoms with Gasteiger partial charge in [-0.1, -0.05) is 30.3 Å². The largest absolute Gasteiger partial charge is 0.347 e. The quantitative estimate of drug-likeness (QED) is 0.594. The van der Waals surface area contributed by atoms with Crippen LogP contribution in [-0.4, -0.2) is 48.0 Å². The van der Waals surface area contributed by atoms with Gasteiger partial charge in [-0.25, -0.2) is 18.7 Å². The van der Waals surface area contributed by atoms with Crippen molar-refractivity contribution in [1.29, 1.82) is 0 Å². The van der Waals surface area contributed by atoms with E-state index in [1.807, 2.05) is 23.9 Å². The Hall–Kier alpha value is -3.35. The Morgan fingerprint density at radius 2 is 1.84 bits per heavy atom. The third-order valence-electron chi connectivity index (χ3n) is 5.80. The van der Waals surface area contributed by atoms with Crippen molar-refractivity contribution >= 4 is 11.9 Å². The second-order valence-electron chi connectivity index (χ2n) is 8.33. The molecule has 1 aromatic heterocycles. The van der Waals surface area contributed by atoms with E-state index in [1.54, 1.807) is 36.5 Å². The lowest BCUT2D eigenvalue weighted by Gasteiger charge is -2.33. The van der Waals surface area contributed by atoms with Crippen LogP contribution in [0.2, 0.25) is 0 Å². The molecule has 3 aromatic rings. The van der Waals surface area contributed by atoms with Crippen molar-refractivity contribution in [3.8, 4) is 11.1 Å². The fourth-order valence-corrected chi connectivity index (χ4v) is 4.11. The SMILES string of the molecule is CN(C)c1ncc(-c2ccccc2F)c(C2CCCN(C(=O)Cc3ccc(F)cc3)C2)n1. The summed E-state index contributed by atoms with van der Waals surface area (Å²) in [6, 6.07) is 12.6. The van der Waals surface area contributed by atoms with Gasteiger partial charge in [0.05, 0.1) is 12.1 Å². The van der Waals surface area contributed by atoms with Crippen LogP contribution in [-0.2, 0) is 11.2 Å². The molecule has 1 saturated heterocycles. The first kappa shape index (κ1) is 21.9. The minimum atomic E-state index is -0.324. The van der Waals surface area contributed by atoms with Crippen LogP contribution in [0, 0.1) is 11.6 Å². The molecule has 4 rings (SSSR count). The van der Waals surface area contributed by atoms with Crippen molar-refractivity contribution < 1.29 is 13.6 Å². The Kier molecular flexibility index (Phi) is 6.44. The molecule has 5 nitrogen and oxygen atoms in total. The first-order valence-corrected chi connectivity index (χ1v) is 10.7. The molecule has 0 saturated carbocycles. The van der Waals surface area contributed by atoms with Crippen LogP contribution < -0.4 is 4.90 Å². The molecule has 1 unspecified atom stereocenters. The van der Waals surface area contributed by atoms with E-state index in [4.69, 9.17) is 4.98 Å². The van der Waals surface area contributed by atoms with E-state index < -0.39 is 0 Å². The summed E-state index contributed by atoms with van der Waals surface area (Å²) in [4.78, 5) is 25.8. The Labute approximate surface area is 186 Å². The van der Waals surface area contributed by atoms with Crippen molar-refractivity contribution in [2.75, 3.05) is 32.1 Å². The van der Waals surface area contributed by atoms with Crippen LogP contribution in [0.3, 0.4) is 0 Å². The van der Waals surface area contributed by atoms with Crippen molar-refractivity contribution in [2.45, 2.75) is 25.2 Å². The number of benzene rings is 2. The van der Waals surface area contributed by atoms with E-state index in [-0.39, 0.29) is 29.9 Å². The number of halogens is 2. The monoisotopic (exact) mass is 436 g/mol. The lowest BCUT2D eigenvalue weighted by molar-refractivity contribution is -0.131. The van der Waals surface area contributed by atoms with Gasteiger partial charge < -0.3 is 9.80 Å². The molecule has 2 aromatic carbocycles. The molecule has 1 aliphatic heterocycles. The van der Waals surface area contributed by atoms with Gasteiger partial charge >= 0.3 is 0 Å². The lowest BCUT2D eigenvalue weighted by atomic mass is 9.89. The lowest BCUT2D eigenvalue weighted by Crippen LogP contribution is -2.40. The molecule has 0 aliphatic carbocycles. The number of carbonyl (C=O) groups is 1. The fraction of sp³-hybridized carbons (Fsp3) is 0.320. The summed E-state index contributed by atoms with van der Waals surface area (Å²) < 4.78 is 27.8. The van der Waals surface area contributed by atoms with Crippen LogP contribution in [0.1, 0.15) is 30.0 Å². The van der Waals surface area contributed by atoms with Gasteiger partial charge in [-0.05, 0) is 36.6 Å². The Balaban J connectivity index is 1.62. The Bertz CT molecular complexity index is 1100. The van der Waals surface area contributed by atoms with E-state index in [0.717, 1.165) is 24.1 Å². The number of likely N-dealkylation sites (tertiary alicyclic amines) is 1. The zero-order valence-corrected chi connectivity index (χ0v) is 18.3. The third kappa shape index (κ3) is 4.77. The van der Waals surface area contributed by atoms with Crippen molar-refractivity contribution in [2.24, 2.45) is 0 Å². The minimum absolute atomic E-state index is 0.00404. The van der Waals surface area contributed by atoms with E-state index in [2.05, 4.69) is 4.98 Å². The average molecular weight is 437 g/mol. The topological polar surface area (TPSA) is 49.3 Å². The molecule has 32 heavy (non-hydrogen) atoms. The maximum absolute atomic E-state index is 14.6. The van der Waals surface area contributed by atoms with Gasteiger partial charge in [0, 0.05) is 50.4 Å². The highest BCUT2D eigenvalue weighted by molar-refractivity contribution is 5.79. The second kappa shape index (κ2) is 9.42. The predicted molar refractivity (Wildman–Crippen MR) is 120 cm³/mol. The summed E-state index contributed by atoms with van der Waals surface area (Å²) >= 11 is 0. The van der Waals surface area contributed by atoms with E-state index >= 15 is 0 Å². The summed E-state index contributed by atoms with van der Waals surface area (Å²) in [5.74, 6) is -0.127. The molecule has 2 heterocycles. The summed E-state index contributed by atoms with van der Waals surface area (Å²) in [6.07, 6.45) is 3.58. The maximum atomic E-state index is 14.6. The summed E-state index contributed by atoms with van der Waals surface area (Å²) in [5.41, 5.74) is 2.66. The molecule has 1 atom stereocenters. The number of aromatic nitrogens is 2. The first-order valence-electron chi connectivity index (χ1n) is 10.7. The number of amides is 1. The third-order valence-corrected chi connectivity index (χ3v) is 5.80. The van der Waals surface area contributed by atoms with Crippen LogP contribution >= 0.6 is 0 Å². The smallest absolute Gasteiger partial charge is 0.227 e. The standard InChI is InChI=1S/C25H26F2N4O/c1-30(2)25-28-15-21(20-7-3-4-8-22(20)27)24(29-25)18-6-5-13-31(16-18)23(32)14-17-9-11-19(26)12-10-17/h3-4,7-12,15,18H,5-6,13-14,16H2,1-2H3. The summed E-state index contributed by atoms with van der Waals surface area (Å²) in [5, 5.41) is 0. The second-order valence-corrected chi connectivity index (χ2v) is 8.33. The molecule has 1 amide bonds. The van der Waals surface area contributed by atoms with Crippen LogP contribution in [0.15, 0.2) is 54.7 Å². The van der Waals surface area contributed by atoms with Crippen LogP contribution in [0.25, 0.3) is 11.1 Å².